The summed E-state index contributed by atoms with van der Waals surface area (Å²) in [5, 5.41) is 0.170. The van der Waals surface area contributed by atoms with Gasteiger partial charge in [0, 0.05) is 10.6 Å². The van der Waals surface area contributed by atoms with Crippen molar-refractivity contribution in [3.63, 3.8) is 0 Å². The van der Waals surface area contributed by atoms with E-state index in [2.05, 4.69) is 6.58 Å². The average molecular weight is 203 g/mol. The molecule has 0 fully saturated rings. The maximum Gasteiger partial charge on any atom is 0.141 e. The van der Waals surface area contributed by atoms with Gasteiger partial charge in [0.05, 0.1) is 5.02 Å². The number of hydrogen-bond acceptors (Lipinski definition) is 1. The van der Waals surface area contributed by atoms with E-state index in [9.17, 15) is 4.39 Å². The molecule has 0 N–H and O–H groups in total. The molecule has 0 heterocycles. The van der Waals surface area contributed by atoms with Crippen LogP contribution in [0.25, 0.3) is 0 Å². The van der Waals surface area contributed by atoms with Gasteiger partial charge in [-0.25, -0.2) is 4.39 Å². The second kappa shape index (κ2) is 4.53. The van der Waals surface area contributed by atoms with Crippen molar-refractivity contribution >= 4 is 23.4 Å². The molecule has 12 heavy (non-hydrogen) atoms. The Morgan fingerprint density at radius 3 is 2.92 bits per heavy atom. The Bertz CT molecular complexity index is 286. The van der Waals surface area contributed by atoms with E-state index in [1.165, 1.54) is 6.07 Å². The molecule has 0 saturated carbocycles. The van der Waals surface area contributed by atoms with Crippen LogP contribution in [0.1, 0.15) is 0 Å². The van der Waals surface area contributed by atoms with Gasteiger partial charge in [0.25, 0.3) is 0 Å². The molecule has 0 aliphatic rings. The van der Waals surface area contributed by atoms with E-state index >= 15 is 0 Å². The largest absolute Gasteiger partial charge is 0.205 e. The lowest BCUT2D eigenvalue weighted by atomic mass is 10.3. The fourth-order valence-corrected chi connectivity index (χ4v) is 1.64. The second-order valence-corrected chi connectivity index (χ2v) is 3.68. The Morgan fingerprint density at radius 2 is 2.33 bits per heavy atom. The molecule has 0 aliphatic heterocycles. The quantitative estimate of drug-likeness (QED) is 0.531. The van der Waals surface area contributed by atoms with Gasteiger partial charge in [-0.3, -0.25) is 0 Å². The molecule has 0 bridgehead atoms. The van der Waals surface area contributed by atoms with Crippen molar-refractivity contribution in [1.29, 1.82) is 0 Å². The molecule has 0 unspecified atom stereocenters. The first-order valence-electron chi connectivity index (χ1n) is 3.43. The molecule has 1 rings (SSSR count). The van der Waals surface area contributed by atoms with Crippen LogP contribution in [0.4, 0.5) is 4.39 Å². The maximum atomic E-state index is 12.7. The van der Waals surface area contributed by atoms with Gasteiger partial charge in [-0.1, -0.05) is 17.7 Å². The highest BCUT2D eigenvalue weighted by molar-refractivity contribution is 7.99. The van der Waals surface area contributed by atoms with Crippen LogP contribution in [0.5, 0.6) is 0 Å². The third kappa shape index (κ3) is 2.54. The van der Waals surface area contributed by atoms with Crippen LogP contribution in [0.15, 0.2) is 35.7 Å². The molecule has 1 aromatic carbocycles. The van der Waals surface area contributed by atoms with Crippen molar-refractivity contribution < 1.29 is 4.39 Å². The predicted molar refractivity (Wildman–Crippen MR) is 52.3 cm³/mol. The maximum absolute atomic E-state index is 12.7. The van der Waals surface area contributed by atoms with Crippen molar-refractivity contribution in [1.82, 2.24) is 0 Å². The summed E-state index contributed by atoms with van der Waals surface area (Å²) in [4.78, 5) is 0.960. The van der Waals surface area contributed by atoms with Gasteiger partial charge in [-0.2, -0.15) is 0 Å². The minimum absolute atomic E-state index is 0.170. The first-order valence-corrected chi connectivity index (χ1v) is 4.79. The van der Waals surface area contributed by atoms with Gasteiger partial charge >= 0.3 is 0 Å². The minimum Gasteiger partial charge on any atom is -0.205 e. The van der Waals surface area contributed by atoms with Crippen LogP contribution in [0.3, 0.4) is 0 Å². The van der Waals surface area contributed by atoms with Crippen LogP contribution in [0.2, 0.25) is 5.02 Å². The van der Waals surface area contributed by atoms with Crippen LogP contribution in [0, 0.1) is 5.82 Å². The molecule has 0 aliphatic carbocycles. The summed E-state index contributed by atoms with van der Waals surface area (Å²) in [7, 11) is 0. The van der Waals surface area contributed by atoms with Gasteiger partial charge < -0.3 is 0 Å². The van der Waals surface area contributed by atoms with E-state index in [0.717, 1.165) is 10.6 Å². The Hall–Kier alpha value is -0.470. The lowest BCUT2D eigenvalue weighted by Gasteiger charge is -1.99. The van der Waals surface area contributed by atoms with Gasteiger partial charge in [0.2, 0.25) is 0 Å². The summed E-state index contributed by atoms with van der Waals surface area (Å²) in [6.45, 7) is 3.59. The minimum atomic E-state index is -0.375. The Labute approximate surface area is 80.4 Å². The topological polar surface area (TPSA) is 0 Å². The smallest absolute Gasteiger partial charge is 0.141 e. The number of halogens is 2. The molecule has 0 spiro atoms. The molecule has 0 saturated heterocycles. The molecule has 0 nitrogen and oxygen atoms in total. The van der Waals surface area contributed by atoms with Crippen LogP contribution >= 0.6 is 23.4 Å². The molecule has 1 aromatic rings. The SMILES string of the molecule is C=CCSc1ccc(F)c(Cl)c1. The molecule has 0 atom stereocenters. The van der Waals surface area contributed by atoms with Crippen LogP contribution < -0.4 is 0 Å². The Morgan fingerprint density at radius 1 is 1.58 bits per heavy atom. The van der Waals surface area contributed by atoms with Crippen molar-refractivity contribution in [2.24, 2.45) is 0 Å². The standard InChI is InChI=1S/C9H8ClFS/c1-2-5-12-7-3-4-9(11)8(10)6-7/h2-4,6H,1,5H2. The molecule has 0 radical (unpaired) electrons. The van der Waals surface area contributed by atoms with E-state index in [-0.39, 0.29) is 10.8 Å². The van der Waals surface area contributed by atoms with Gasteiger partial charge in [0.15, 0.2) is 0 Å². The molecular weight excluding hydrogens is 195 g/mol. The molecular formula is C9H8ClFS. The highest BCUT2D eigenvalue weighted by Crippen LogP contribution is 2.23. The fourth-order valence-electron chi connectivity index (χ4n) is 0.722. The lowest BCUT2D eigenvalue weighted by molar-refractivity contribution is 0.627. The number of thioether (sulfide) groups is 1. The number of hydrogen-bond donors (Lipinski definition) is 0. The summed E-state index contributed by atoms with van der Waals surface area (Å²) in [6.07, 6.45) is 1.79. The number of rotatable bonds is 3. The Balaban J connectivity index is 2.75. The monoisotopic (exact) mass is 202 g/mol. The van der Waals surface area contributed by atoms with E-state index in [1.54, 1.807) is 30.0 Å². The summed E-state index contributed by atoms with van der Waals surface area (Å²) < 4.78 is 12.7. The first-order chi connectivity index (χ1) is 5.74. The zero-order valence-electron chi connectivity index (χ0n) is 6.39. The van der Waals surface area contributed by atoms with Gasteiger partial charge in [0.1, 0.15) is 5.82 Å². The highest BCUT2D eigenvalue weighted by Gasteiger charge is 1.99. The lowest BCUT2D eigenvalue weighted by Crippen LogP contribution is -1.78. The first kappa shape index (κ1) is 9.62. The molecule has 64 valence electrons. The summed E-state index contributed by atoms with van der Waals surface area (Å²) in [5.41, 5.74) is 0. The van der Waals surface area contributed by atoms with E-state index in [4.69, 9.17) is 11.6 Å². The summed E-state index contributed by atoms with van der Waals surface area (Å²) in [6, 6.07) is 4.69. The summed E-state index contributed by atoms with van der Waals surface area (Å²) in [5.74, 6) is 0.432. The second-order valence-electron chi connectivity index (χ2n) is 2.18. The van der Waals surface area contributed by atoms with Crippen LogP contribution in [-0.4, -0.2) is 5.75 Å². The van der Waals surface area contributed by atoms with E-state index in [0.29, 0.717) is 0 Å². The zero-order valence-corrected chi connectivity index (χ0v) is 7.96. The number of benzene rings is 1. The van der Waals surface area contributed by atoms with E-state index in [1.807, 2.05) is 0 Å². The predicted octanol–water partition coefficient (Wildman–Crippen LogP) is 3.76. The Kier molecular flexibility index (Phi) is 3.63. The van der Waals surface area contributed by atoms with E-state index < -0.39 is 0 Å². The normalized spacial score (nSPS) is 9.83. The third-order valence-corrected chi connectivity index (χ3v) is 2.54. The van der Waals surface area contributed by atoms with Crippen molar-refractivity contribution in [3.05, 3.63) is 41.7 Å². The zero-order chi connectivity index (χ0) is 8.97. The average Bonchev–Trinajstić information content (AvgIpc) is 2.07. The van der Waals surface area contributed by atoms with Crippen molar-refractivity contribution in [2.45, 2.75) is 4.90 Å². The highest BCUT2D eigenvalue weighted by atomic mass is 35.5. The summed E-state index contributed by atoms with van der Waals surface area (Å²) >= 11 is 7.15. The van der Waals surface area contributed by atoms with Gasteiger partial charge in [-0.15, -0.1) is 18.3 Å². The van der Waals surface area contributed by atoms with Crippen molar-refractivity contribution in [3.8, 4) is 0 Å². The fraction of sp³-hybridized carbons (Fsp3) is 0.111. The van der Waals surface area contributed by atoms with Crippen LogP contribution in [-0.2, 0) is 0 Å². The molecule has 3 heteroatoms. The third-order valence-electron chi connectivity index (χ3n) is 1.26. The molecule has 0 aromatic heterocycles. The molecule has 0 amide bonds. The van der Waals surface area contributed by atoms with Crippen molar-refractivity contribution in [2.75, 3.05) is 5.75 Å². The van der Waals surface area contributed by atoms with Gasteiger partial charge in [-0.05, 0) is 18.2 Å².